The van der Waals surface area contributed by atoms with Gasteiger partial charge in [-0.3, -0.25) is 4.90 Å². The van der Waals surface area contributed by atoms with Gasteiger partial charge in [-0.25, -0.2) is 9.50 Å². The summed E-state index contributed by atoms with van der Waals surface area (Å²) in [6.07, 6.45) is 11.9. The average molecular weight is 324 g/mol. The lowest BCUT2D eigenvalue weighted by Gasteiger charge is -2.41. The fourth-order valence-electron chi connectivity index (χ4n) is 3.91. The van der Waals surface area contributed by atoms with Crippen LogP contribution < -0.4 is 4.90 Å². The van der Waals surface area contributed by atoms with Gasteiger partial charge in [0.25, 0.3) is 6.26 Å². The number of aromatic nitrogens is 3. The van der Waals surface area contributed by atoms with Gasteiger partial charge in [-0.1, -0.05) is 0 Å². The molecule has 2 saturated heterocycles. The highest BCUT2D eigenvalue weighted by Crippen LogP contribution is 2.26. The first-order valence-electron chi connectivity index (χ1n) is 8.66. The lowest BCUT2D eigenvalue weighted by atomic mass is 9.55. The number of anilines is 1. The number of hydrogen-bond acceptors (Lipinski definition) is 6. The van der Waals surface area contributed by atoms with Crippen LogP contribution in [0, 0.1) is 11.5 Å². The molecule has 0 aliphatic carbocycles. The summed E-state index contributed by atoms with van der Waals surface area (Å²) in [5.41, 5.74) is 2.02. The highest BCUT2D eigenvalue weighted by molar-refractivity contribution is 6.52. The third kappa shape index (κ3) is 3.04. The Morgan fingerprint density at radius 1 is 1.21 bits per heavy atom. The van der Waals surface area contributed by atoms with Gasteiger partial charge in [0.05, 0.1) is 24.3 Å². The summed E-state index contributed by atoms with van der Waals surface area (Å²) in [5.74, 6) is 0. The lowest BCUT2D eigenvalue weighted by molar-refractivity contribution is 0.169. The summed E-state index contributed by atoms with van der Waals surface area (Å²) in [7, 11) is 0. The van der Waals surface area contributed by atoms with E-state index in [9.17, 15) is 0 Å². The van der Waals surface area contributed by atoms with E-state index in [2.05, 4.69) is 26.1 Å². The maximum absolute atomic E-state index is 8.62. The van der Waals surface area contributed by atoms with Crippen LogP contribution in [0.25, 0.3) is 5.65 Å². The van der Waals surface area contributed by atoms with Crippen molar-refractivity contribution in [3.63, 3.8) is 0 Å². The van der Waals surface area contributed by atoms with Crippen molar-refractivity contribution in [2.45, 2.75) is 31.5 Å². The molecule has 0 amide bonds. The van der Waals surface area contributed by atoms with Crippen molar-refractivity contribution < 1.29 is 4.65 Å². The minimum absolute atomic E-state index is 0.138. The minimum atomic E-state index is 0.138. The summed E-state index contributed by atoms with van der Waals surface area (Å²) in [6, 6.07) is 2.55. The Bertz CT molecular complexity index is 727. The summed E-state index contributed by atoms with van der Waals surface area (Å²) >= 11 is 0. The molecule has 2 fully saturated rings. The highest BCUT2D eigenvalue weighted by Gasteiger charge is 2.31. The standard InChI is InChI=1S/C16H21BN6O/c18-13-24-17-4-1-14(2-5-17)21-7-9-22(10-8-21)15-11-19-16-3-6-20-23(16)12-15/h3,6,11-12,14H,1-2,4-5,7-10H2. The Morgan fingerprint density at radius 2 is 2.00 bits per heavy atom. The molecule has 2 aromatic heterocycles. The zero-order valence-corrected chi connectivity index (χ0v) is 13.7. The Kier molecular flexibility index (Phi) is 4.26. The average Bonchev–Trinajstić information content (AvgIpc) is 3.11. The summed E-state index contributed by atoms with van der Waals surface area (Å²) in [6.45, 7) is 4.32. The lowest BCUT2D eigenvalue weighted by Crippen LogP contribution is -2.51. The second-order valence-electron chi connectivity index (χ2n) is 6.61. The van der Waals surface area contributed by atoms with Crippen LogP contribution in [0.1, 0.15) is 12.8 Å². The van der Waals surface area contributed by atoms with Crippen molar-refractivity contribution in [3.05, 3.63) is 24.7 Å². The molecule has 124 valence electrons. The van der Waals surface area contributed by atoms with E-state index in [-0.39, 0.29) is 6.92 Å². The normalized spacial score (nSPS) is 20.3. The molecular formula is C16H21BN6O. The first-order chi connectivity index (χ1) is 11.8. The monoisotopic (exact) mass is 324 g/mol. The Labute approximate surface area is 141 Å². The number of rotatable bonds is 3. The zero-order valence-electron chi connectivity index (χ0n) is 13.7. The fourth-order valence-corrected chi connectivity index (χ4v) is 3.91. The molecule has 7 nitrogen and oxygen atoms in total. The van der Waals surface area contributed by atoms with Gasteiger partial charge in [0.15, 0.2) is 5.65 Å². The van der Waals surface area contributed by atoms with Crippen LogP contribution in [-0.2, 0) is 4.65 Å². The van der Waals surface area contributed by atoms with Crippen LogP contribution in [-0.4, -0.2) is 58.6 Å². The predicted molar refractivity (Wildman–Crippen MR) is 91.9 cm³/mol. The van der Waals surface area contributed by atoms with E-state index < -0.39 is 0 Å². The second kappa shape index (κ2) is 6.69. The summed E-state index contributed by atoms with van der Waals surface area (Å²) in [4.78, 5) is 9.44. The van der Waals surface area contributed by atoms with Crippen molar-refractivity contribution in [3.8, 4) is 6.26 Å². The van der Waals surface area contributed by atoms with E-state index in [1.165, 1.54) is 0 Å². The molecule has 0 unspecified atom stereocenters. The molecule has 8 heteroatoms. The summed E-state index contributed by atoms with van der Waals surface area (Å²) < 4.78 is 6.92. The molecule has 2 aliphatic rings. The van der Waals surface area contributed by atoms with Crippen molar-refractivity contribution in [2.24, 2.45) is 0 Å². The maximum Gasteiger partial charge on any atom is 0.373 e. The third-order valence-corrected chi connectivity index (χ3v) is 5.29. The molecule has 0 spiro atoms. The van der Waals surface area contributed by atoms with Gasteiger partial charge in [0.2, 0.25) is 0 Å². The van der Waals surface area contributed by atoms with E-state index in [4.69, 9.17) is 9.92 Å². The number of nitriles is 1. The first kappa shape index (κ1) is 15.3. The smallest absolute Gasteiger partial charge is 0.373 e. The van der Waals surface area contributed by atoms with Crippen molar-refractivity contribution in [1.82, 2.24) is 19.5 Å². The van der Waals surface area contributed by atoms with Crippen LogP contribution in [0.5, 0.6) is 0 Å². The SMILES string of the molecule is N#COB1CCC(N2CCN(c3cnc4ccnn4c3)CC2)CC1. The van der Waals surface area contributed by atoms with Crippen LogP contribution in [0.15, 0.2) is 24.7 Å². The largest absolute Gasteiger partial charge is 0.498 e. The van der Waals surface area contributed by atoms with Gasteiger partial charge in [-0.2, -0.15) is 10.4 Å². The first-order valence-corrected chi connectivity index (χ1v) is 8.66. The maximum atomic E-state index is 8.62. The van der Waals surface area contributed by atoms with E-state index in [0.717, 1.165) is 63.0 Å². The Balaban J connectivity index is 1.33. The predicted octanol–water partition coefficient (Wildman–Crippen LogP) is 1.50. The molecule has 0 atom stereocenters. The number of fused-ring (bicyclic) bond motifs is 1. The fraction of sp³-hybridized carbons (Fsp3) is 0.562. The van der Waals surface area contributed by atoms with Gasteiger partial charge in [-0.05, 0) is 25.5 Å². The molecular weight excluding hydrogens is 303 g/mol. The highest BCUT2D eigenvalue weighted by atomic mass is 16.4. The van der Waals surface area contributed by atoms with Crippen LogP contribution >= 0.6 is 0 Å². The molecule has 24 heavy (non-hydrogen) atoms. The molecule has 4 heterocycles. The molecule has 2 aliphatic heterocycles. The van der Waals surface area contributed by atoms with Gasteiger partial charge < -0.3 is 9.55 Å². The molecule has 0 radical (unpaired) electrons. The zero-order chi connectivity index (χ0) is 16.4. The number of piperazine rings is 1. The van der Waals surface area contributed by atoms with E-state index >= 15 is 0 Å². The van der Waals surface area contributed by atoms with E-state index in [0.29, 0.717) is 6.04 Å². The van der Waals surface area contributed by atoms with Crippen LogP contribution in [0.2, 0.25) is 12.6 Å². The molecule has 2 aromatic rings. The van der Waals surface area contributed by atoms with Crippen LogP contribution in [0.3, 0.4) is 0 Å². The quantitative estimate of drug-likeness (QED) is 0.629. The van der Waals surface area contributed by atoms with Gasteiger partial charge >= 0.3 is 6.92 Å². The van der Waals surface area contributed by atoms with Crippen molar-refractivity contribution in [1.29, 1.82) is 5.26 Å². The van der Waals surface area contributed by atoms with E-state index in [1.807, 2.05) is 23.0 Å². The molecule has 0 N–H and O–H groups in total. The molecule has 0 aromatic carbocycles. The Hall–Kier alpha value is -2.27. The summed E-state index contributed by atoms with van der Waals surface area (Å²) in [5, 5.41) is 12.9. The van der Waals surface area contributed by atoms with Crippen LogP contribution in [0.4, 0.5) is 5.69 Å². The molecule has 0 saturated carbocycles. The topological polar surface area (TPSA) is 69.7 Å². The number of hydrogen-bond donors (Lipinski definition) is 0. The minimum Gasteiger partial charge on any atom is -0.498 e. The van der Waals surface area contributed by atoms with E-state index in [1.54, 1.807) is 6.20 Å². The van der Waals surface area contributed by atoms with Gasteiger partial charge in [0.1, 0.15) is 0 Å². The number of nitrogens with zero attached hydrogens (tertiary/aromatic N) is 6. The Morgan fingerprint density at radius 3 is 2.75 bits per heavy atom. The van der Waals surface area contributed by atoms with Crippen molar-refractivity contribution in [2.75, 3.05) is 31.1 Å². The van der Waals surface area contributed by atoms with Crippen molar-refractivity contribution >= 4 is 18.3 Å². The van der Waals surface area contributed by atoms with Gasteiger partial charge in [0, 0.05) is 38.3 Å². The molecule has 0 bridgehead atoms. The molecule has 4 rings (SSSR count). The van der Waals surface area contributed by atoms with Gasteiger partial charge in [-0.15, -0.1) is 0 Å². The second-order valence-corrected chi connectivity index (χ2v) is 6.61. The third-order valence-electron chi connectivity index (χ3n) is 5.29.